The standard InChI is InChI=1S/C27H36F2N6O2S/c1-16(28)20-7-6-8-21(24(20)29)17(2)31-25-23-15-22(19-9-13-38(30,36)14-10-19)27(37-12-11-35(4)5)34-26(23)33-18(3)32-25/h6-8,15-17,19,30H,9-14H2,1-5H3,(H,31,32,33,34)/t16?,17-,19?,38?/m1/s1. The highest BCUT2D eigenvalue weighted by molar-refractivity contribution is 7.92. The molecular formula is C27H36F2N6O2S. The van der Waals surface area contributed by atoms with Crippen molar-refractivity contribution in [1.82, 2.24) is 19.9 Å². The van der Waals surface area contributed by atoms with Gasteiger partial charge in [0.15, 0.2) is 5.65 Å². The number of likely N-dealkylation sites (N-methyl/N-ethyl adjacent to an activating group) is 1. The molecule has 2 aromatic heterocycles. The Morgan fingerprint density at radius 2 is 1.87 bits per heavy atom. The molecule has 4 rings (SSSR count). The van der Waals surface area contributed by atoms with E-state index < -0.39 is 27.8 Å². The molecule has 2 atom stereocenters. The molecule has 1 aromatic carbocycles. The molecule has 11 heteroatoms. The summed E-state index contributed by atoms with van der Waals surface area (Å²) in [6, 6.07) is 6.19. The third-order valence-corrected chi connectivity index (χ3v) is 8.70. The smallest absolute Gasteiger partial charge is 0.218 e. The van der Waals surface area contributed by atoms with E-state index in [9.17, 15) is 8.60 Å². The number of hydrogen-bond donors (Lipinski definition) is 2. The van der Waals surface area contributed by atoms with E-state index in [2.05, 4.69) is 15.3 Å². The second-order valence-electron chi connectivity index (χ2n) is 10.3. The maximum Gasteiger partial charge on any atom is 0.218 e. The van der Waals surface area contributed by atoms with Gasteiger partial charge in [-0.15, -0.1) is 0 Å². The summed E-state index contributed by atoms with van der Waals surface area (Å²) in [6.45, 7) is 6.02. The highest BCUT2D eigenvalue weighted by Crippen LogP contribution is 2.38. The van der Waals surface area contributed by atoms with Crippen molar-refractivity contribution in [3.05, 3.63) is 52.6 Å². The van der Waals surface area contributed by atoms with Gasteiger partial charge in [0.05, 0.1) is 11.4 Å². The lowest BCUT2D eigenvalue weighted by molar-refractivity contribution is 0.251. The van der Waals surface area contributed by atoms with Crippen molar-refractivity contribution < 1.29 is 17.7 Å². The zero-order chi connectivity index (χ0) is 27.6. The summed E-state index contributed by atoms with van der Waals surface area (Å²) in [6.07, 6.45) is -0.216. The van der Waals surface area contributed by atoms with Gasteiger partial charge in [0.25, 0.3) is 0 Å². The molecule has 0 aliphatic carbocycles. The first-order valence-corrected chi connectivity index (χ1v) is 14.7. The van der Waals surface area contributed by atoms with Gasteiger partial charge in [-0.25, -0.2) is 23.0 Å². The second kappa shape index (κ2) is 11.4. The molecule has 1 fully saturated rings. The lowest BCUT2D eigenvalue weighted by Crippen LogP contribution is -2.23. The summed E-state index contributed by atoms with van der Waals surface area (Å²) in [4.78, 5) is 15.9. The van der Waals surface area contributed by atoms with E-state index in [0.29, 0.717) is 71.6 Å². The predicted molar refractivity (Wildman–Crippen MR) is 147 cm³/mol. The third-order valence-electron chi connectivity index (χ3n) is 6.91. The van der Waals surface area contributed by atoms with Crippen LogP contribution in [0.25, 0.3) is 11.0 Å². The molecular weight excluding hydrogens is 510 g/mol. The number of benzene rings is 1. The van der Waals surface area contributed by atoms with Crippen LogP contribution in [0.15, 0.2) is 24.3 Å². The van der Waals surface area contributed by atoms with E-state index in [0.717, 1.165) is 5.56 Å². The van der Waals surface area contributed by atoms with Crippen molar-refractivity contribution in [2.75, 3.05) is 44.1 Å². The Hall–Kier alpha value is -2.92. The van der Waals surface area contributed by atoms with Gasteiger partial charge in [0.2, 0.25) is 5.88 Å². The summed E-state index contributed by atoms with van der Waals surface area (Å²) in [5.74, 6) is 1.60. The Morgan fingerprint density at radius 3 is 2.53 bits per heavy atom. The SMILES string of the molecule is Cc1nc(N[C@H](C)c2cccc(C(C)F)c2F)c2cc(C3CCS(=N)(=O)CC3)c(OCCN(C)C)nc2n1. The first-order valence-electron chi connectivity index (χ1n) is 12.8. The average molecular weight is 547 g/mol. The van der Waals surface area contributed by atoms with Crippen molar-refractivity contribution in [2.24, 2.45) is 0 Å². The predicted octanol–water partition coefficient (Wildman–Crippen LogP) is 5.54. The van der Waals surface area contributed by atoms with Gasteiger partial charge < -0.3 is 15.0 Å². The Morgan fingerprint density at radius 1 is 1.18 bits per heavy atom. The minimum atomic E-state index is -2.55. The van der Waals surface area contributed by atoms with E-state index in [1.807, 2.05) is 25.1 Å². The normalized spacial score (nSPS) is 21.4. The van der Waals surface area contributed by atoms with Crippen molar-refractivity contribution >= 4 is 26.6 Å². The summed E-state index contributed by atoms with van der Waals surface area (Å²) >= 11 is 0. The van der Waals surface area contributed by atoms with E-state index in [1.54, 1.807) is 26.0 Å². The van der Waals surface area contributed by atoms with Crippen LogP contribution in [-0.4, -0.2) is 62.8 Å². The van der Waals surface area contributed by atoms with Crippen molar-refractivity contribution in [3.63, 3.8) is 0 Å². The molecule has 3 heterocycles. The fourth-order valence-corrected chi connectivity index (χ4v) is 6.26. The highest BCUT2D eigenvalue weighted by atomic mass is 32.2. The van der Waals surface area contributed by atoms with Crippen LogP contribution < -0.4 is 10.1 Å². The van der Waals surface area contributed by atoms with Crippen molar-refractivity contribution in [3.8, 4) is 5.88 Å². The number of pyridine rings is 1. The Labute approximate surface area is 223 Å². The van der Waals surface area contributed by atoms with Gasteiger partial charge in [0, 0.05) is 44.5 Å². The quantitative estimate of drug-likeness (QED) is 0.363. The summed E-state index contributed by atoms with van der Waals surface area (Å²) in [5, 5.41) is 3.95. The van der Waals surface area contributed by atoms with Gasteiger partial charge in [-0.05, 0) is 59.7 Å². The third kappa shape index (κ3) is 6.37. The number of hydrogen-bond acceptors (Lipinski definition) is 8. The number of fused-ring (bicyclic) bond motifs is 1. The molecule has 2 N–H and O–H groups in total. The van der Waals surface area contributed by atoms with E-state index in [-0.39, 0.29) is 11.5 Å². The number of aromatic nitrogens is 3. The van der Waals surface area contributed by atoms with Gasteiger partial charge in [-0.3, -0.25) is 4.78 Å². The maximum atomic E-state index is 15.1. The van der Waals surface area contributed by atoms with Gasteiger partial charge in [-0.2, -0.15) is 4.98 Å². The van der Waals surface area contributed by atoms with E-state index in [4.69, 9.17) is 14.5 Å². The molecule has 3 aromatic rings. The fourth-order valence-electron chi connectivity index (χ4n) is 4.72. The average Bonchev–Trinajstić information content (AvgIpc) is 2.83. The van der Waals surface area contributed by atoms with Crippen LogP contribution in [0.4, 0.5) is 14.6 Å². The summed E-state index contributed by atoms with van der Waals surface area (Å²) in [7, 11) is 1.38. The maximum absolute atomic E-state index is 15.1. The van der Waals surface area contributed by atoms with Crippen LogP contribution in [0.2, 0.25) is 0 Å². The topological polar surface area (TPSA) is 104 Å². The zero-order valence-corrected chi connectivity index (χ0v) is 23.4. The molecule has 0 radical (unpaired) electrons. The van der Waals surface area contributed by atoms with Crippen molar-refractivity contribution in [1.29, 1.82) is 4.78 Å². The number of anilines is 1. The number of ether oxygens (including phenoxy) is 1. The van der Waals surface area contributed by atoms with Crippen LogP contribution in [-0.2, 0) is 9.73 Å². The van der Waals surface area contributed by atoms with E-state index in [1.165, 1.54) is 13.0 Å². The molecule has 1 unspecified atom stereocenters. The molecule has 1 aliphatic rings. The number of aryl methyl sites for hydroxylation is 1. The van der Waals surface area contributed by atoms with Gasteiger partial charge in [-0.1, -0.05) is 18.2 Å². The van der Waals surface area contributed by atoms with Crippen LogP contribution in [0.3, 0.4) is 0 Å². The molecule has 0 bridgehead atoms. The summed E-state index contributed by atoms with van der Waals surface area (Å²) in [5.41, 5.74) is 1.67. The number of nitrogens with zero attached hydrogens (tertiary/aromatic N) is 4. The molecule has 1 saturated heterocycles. The van der Waals surface area contributed by atoms with Crippen LogP contribution in [0, 0.1) is 17.5 Å². The number of nitrogens with one attached hydrogen (secondary N) is 2. The van der Waals surface area contributed by atoms with Gasteiger partial charge >= 0.3 is 0 Å². The van der Waals surface area contributed by atoms with Crippen LogP contribution >= 0.6 is 0 Å². The number of halogens is 2. The zero-order valence-electron chi connectivity index (χ0n) is 22.6. The largest absolute Gasteiger partial charge is 0.476 e. The number of rotatable bonds is 9. The molecule has 1 aliphatic heterocycles. The Kier molecular flexibility index (Phi) is 8.46. The van der Waals surface area contributed by atoms with Crippen molar-refractivity contribution in [2.45, 2.75) is 51.7 Å². The minimum absolute atomic E-state index is 0.0200. The molecule has 0 saturated carbocycles. The monoisotopic (exact) mass is 546 g/mol. The Bertz CT molecular complexity index is 1400. The highest BCUT2D eigenvalue weighted by Gasteiger charge is 2.27. The molecule has 8 nitrogen and oxygen atoms in total. The minimum Gasteiger partial charge on any atom is -0.476 e. The summed E-state index contributed by atoms with van der Waals surface area (Å²) < 4.78 is 55.4. The lowest BCUT2D eigenvalue weighted by atomic mass is 9.93. The molecule has 38 heavy (non-hydrogen) atoms. The lowest BCUT2D eigenvalue weighted by Gasteiger charge is -2.26. The first kappa shape index (κ1) is 28.1. The second-order valence-corrected chi connectivity index (χ2v) is 12.7. The number of alkyl halides is 1. The molecule has 0 spiro atoms. The van der Waals surface area contributed by atoms with Gasteiger partial charge in [0.1, 0.15) is 30.2 Å². The fraction of sp³-hybridized carbons (Fsp3) is 0.519. The Balaban J connectivity index is 1.75. The van der Waals surface area contributed by atoms with Crippen LogP contribution in [0.1, 0.15) is 67.3 Å². The first-order chi connectivity index (χ1) is 17.9. The molecule has 206 valence electrons. The van der Waals surface area contributed by atoms with E-state index >= 15 is 4.39 Å². The van der Waals surface area contributed by atoms with Crippen LogP contribution in [0.5, 0.6) is 5.88 Å². The molecule has 0 amide bonds.